The van der Waals surface area contributed by atoms with E-state index in [9.17, 15) is 17.6 Å². The van der Waals surface area contributed by atoms with E-state index >= 15 is 0 Å². The molecule has 0 bridgehead atoms. The molecule has 2 unspecified atom stereocenters. The maximum atomic E-state index is 13.6. The van der Waals surface area contributed by atoms with Crippen LogP contribution in [0.25, 0.3) is 0 Å². The van der Waals surface area contributed by atoms with Gasteiger partial charge in [0.25, 0.3) is 16.1 Å². The van der Waals surface area contributed by atoms with Crippen LogP contribution in [0.3, 0.4) is 0 Å². The van der Waals surface area contributed by atoms with Gasteiger partial charge in [-0.15, -0.1) is 5.10 Å². The minimum Gasteiger partial charge on any atom is -0.364 e. The summed E-state index contributed by atoms with van der Waals surface area (Å²) in [5.74, 6) is -0.728. The lowest BCUT2D eigenvalue weighted by atomic mass is 10.2. The molecular weight excluding hydrogens is 303 g/mol. The number of hydrogen-bond acceptors (Lipinski definition) is 5. The fourth-order valence-electron chi connectivity index (χ4n) is 2.21. The predicted molar refractivity (Wildman–Crippen MR) is 71.2 cm³/mol. The summed E-state index contributed by atoms with van der Waals surface area (Å²) in [6.45, 7) is -0.0870. The van der Waals surface area contributed by atoms with Gasteiger partial charge < -0.3 is 5.73 Å². The Morgan fingerprint density at radius 1 is 1.57 bits per heavy atom. The molecule has 1 amide bonds. The zero-order valence-electron chi connectivity index (χ0n) is 11.7. The highest BCUT2D eigenvalue weighted by molar-refractivity contribution is 7.86. The molecule has 0 aromatic carbocycles. The molecule has 1 aromatic rings. The third-order valence-corrected chi connectivity index (χ3v) is 5.22. The summed E-state index contributed by atoms with van der Waals surface area (Å²) in [6, 6.07) is -0.588. The number of nitrogens with zero attached hydrogens (tertiary/aromatic N) is 5. The van der Waals surface area contributed by atoms with Crippen molar-refractivity contribution in [1.82, 2.24) is 23.6 Å². The van der Waals surface area contributed by atoms with Gasteiger partial charge in [0, 0.05) is 26.7 Å². The third kappa shape index (κ3) is 3.19. The summed E-state index contributed by atoms with van der Waals surface area (Å²) < 4.78 is 41.4. The van der Waals surface area contributed by atoms with Crippen molar-refractivity contribution in [1.29, 1.82) is 0 Å². The summed E-state index contributed by atoms with van der Waals surface area (Å²) in [4.78, 5) is 10.9. The number of amides is 1. The average Bonchev–Trinajstić information content (AvgIpc) is 2.96. The first-order valence-corrected chi connectivity index (χ1v) is 7.65. The van der Waals surface area contributed by atoms with Crippen molar-refractivity contribution in [2.45, 2.75) is 25.2 Å². The van der Waals surface area contributed by atoms with Crippen LogP contribution in [0, 0.1) is 0 Å². The molecule has 2 N–H and O–H groups in total. The molecule has 2 atom stereocenters. The molecule has 1 saturated heterocycles. The van der Waals surface area contributed by atoms with Gasteiger partial charge in [-0.1, -0.05) is 5.21 Å². The lowest BCUT2D eigenvalue weighted by Crippen LogP contribution is -2.44. The molecule has 21 heavy (non-hydrogen) atoms. The molecule has 0 aliphatic carbocycles. The summed E-state index contributed by atoms with van der Waals surface area (Å²) in [7, 11) is -0.940. The Morgan fingerprint density at radius 2 is 2.24 bits per heavy atom. The van der Waals surface area contributed by atoms with Gasteiger partial charge in [-0.2, -0.15) is 17.0 Å². The molecule has 1 aliphatic heterocycles. The third-order valence-electron chi connectivity index (χ3n) is 3.26. The van der Waals surface area contributed by atoms with Crippen LogP contribution in [0.4, 0.5) is 4.39 Å². The van der Waals surface area contributed by atoms with E-state index < -0.39 is 28.3 Å². The van der Waals surface area contributed by atoms with Gasteiger partial charge in [0.15, 0.2) is 5.69 Å². The number of halogens is 1. The minimum atomic E-state index is -3.71. The van der Waals surface area contributed by atoms with Gasteiger partial charge in [-0.3, -0.25) is 9.48 Å². The number of hydrogen-bond donors (Lipinski definition) is 1. The van der Waals surface area contributed by atoms with E-state index in [4.69, 9.17) is 5.73 Å². The fourth-order valence-corrected chi connectivity index (χ4v) is 3.51. The van der Waals surface area contributed by atoms with Crippen LogP contribution in [0.5, 0.6) is 0 Å². The van der Waals surface area contributed by atoms with Gasteiger partial charge in [-0.05, 0) is 6.42 Å². The van der Waals surface area contributed by atoms with Gasteiger partial charge in [0.1, 0.15) is 6.17 Å². The van der Waals surface area contributed by atoms with Crippen molar-refractivity contribution >= 4 is 16.1 Å². The first kappa shape index (κ1) is 15.8. The summed E-state index contributed by atoms with van der Waals surface area (Å²) in [5, 5.41) is 7.26. The molecule has 1 fully saturated rings. The SMILES string of the molecule is CN(C)S(=O)(=O)N1CC(F)CC1Cn1cc(C(N)=O)nn1. The molecule has 2 rings (SSSR count). The minimum absolute atomic E-state index is 0.0215. The van der Waals surface area contributed by atoms with Crippen molar-refractivity contribution < 1.29 is 17.6 Å². The van der Waals surface area contributed by atoms with E-state index in [1.54, 1.807) is 0 Å². The molecule has 2 heterocycles. The van der Waals surface area contributed by atoms with E-state index in [1.807, 2.05) is 0 Å². The number of primary amides is 1. The van der Waals surface area contributed by atoms with E-state index in [-0.39, 0.29) is 25.2 Å². The molecular formula is C10H17FN6O3S. The maximum Gasteiger partial charge on any atom is 0.281 e. The van der Waals surface area contributed by atoms with Crippen molar-refractivity contribution in [2.24, 2.45) is 5.73 Å². The topological polar surface area (TPSA) is 114 Å². The second kappa shape index (κ2) is 5.66. The Morgan fingerprint density at radius 3 is 2.76 bits per heavy atom. The first-order valence-electron chi connectivity index (χ1n) is 6.25. The lowest BCUT2D eigenvalue weighted by molar-refractivity contribution is 0.0995. The zero-order valence-corrected chi connectivity index (χ0v) is 12.5. The summed E-state index contributed by atoms with van der Waals surface area (Å²) in [5.41, 5.74) is 5.04. The second-order valence-corrected chi connectivity index (χ2v) is 7.13. The molecule has 1 aromatic heterocycles. The smallest absolute Gasteiger partial charge is 0.281 e. The van der Waals surface area contributed by atoms with Crippen LogP contribution in [-0.4, -0.2) is 70.8 Å². The highest BCUT2D eigenvalue weighted by atomic mass is 32.2. The number of alkyl halides is 1. The molecule has 11 heteroatoms. The Bertz CT molecular complexity index is 630. The van der Waals surface area contributed by atoms with Gasteiger partial charge >= 0.3 is 0 Å². The quantitative estimate of drug-likeness (QED) is 0.716. The highest BCUT2D eigenvalue weighted by Crippen LogP contribution is 2.25. The fraction of sp³-hybridized carbons (Fsp3) is 0.700. The summed E-state index contributed by atoms with van der Waals surface area (Å²) in [6.07, 6.45) is 0.150. The van der Waals surface area contributed by atoms with Crippen LogP contribution in [0.15, 0.2) is 6.20 Å². The highest BCUT2D eigenvalue weighted by Gasteiger charge is 2.41. The Labute approximate surface area is 121 Å². The first-order chi connectivity index (χ1) is 9.71. The standard InChI is InChI=1S/C10H17FN6O3S/c1-15(2)21(19,20)17-4-7(11)3-8(17)5-16-6-9(10(12)18)13-14-16/h6-8H,3-5H2,1-2H3,(H2,12,18). The molecule has 1 aliphatic rings. The van der Waals surface area contributed by atoms with Crippen molar-refractivity contribution in [3.63, 3.8) is 0 Å². The van der Waals surface area contributed by atoms with Gasteiger partial charge in [-0.25, -0.2) is 4.39 Å². The normalized spacial score (nSPS) is 23.8. The van der Waals surface area contributed by atoms with Crippen molar-refractivity contribution in [3.8, 4) is 0 Å². The van der Waals surface area contributed by atoms with Gasteiger partial charge in [0.05, 0.1) is 12.7 Å². The summed E-state index contributed by atoms with van der Waals surface area (Å²) >= 11 is 0. The predicted octanol–water partition coefficient (Wildman–Crippen LogP) is -1.40. The largest absolute Gasteiger partial charge is 0.364 e. The van der Waals surface area contributed by atoms with E-state index in [0.717, 1.165) is 8.61 Å². The zero-order chi connectivity index (χ0) is 15.8. The second-order valence-electron chi connectivity index (χ2n) is 5.04. The van der Waals surface area contributed by atoms with Crippen LogP contribution < -0.4 is 5.73 Å². The van der Waals surface area contributed by atoms with Crippen LogP contribution in [-0.2, 0) is 16.8 Å². The van der Waals surface area contributed by atoms with E-state index in [2.05, 4.69) is 10.3 Å². The lowest BCUT2D eigenvalue weighted by Gasteiger charge is -2.26. The maximum absolute atomic E-state index is 13.6. The number of carbonyl (C=O) groups excluding carboxylic acids is 1. The van der Waals surface area contributed by atoms with E-state index in [1.165, 1.54) is 25.0 Å². The molecule has 118 valence electrons. The van der Waals surface area contributed by atoms with Crippen LogP contribution in [0.1, 0.15) is 16.9 Å². The van der Waals surface area contributed by atoms with Crippen LogP contribution >= 0.6 is 0 Å². The molecule has 0 spiro atoms. The number of aromatic nitrogens is 3. The Balaban J connectivity index is 2.18. The van der Waals surface area contributed by atoms with Crippen molar-refractivity contribution in [3.05, 3.63) is 11.9 Å². The average molecular weight is 320 g/mol. The van der Waals surface area contributed by atoms with E-state index in [0.29, 0.717) is 0 Å². The monoisotopic (exact) mass is 320 g/mol. The number of rotatable bonds is 5. The number of carbonyl (C=O) groups is 1. The Hall–Kier alpha value is -1.59. The van der Waals surface area contributed by atoms with Crippen LogP contribution in [0.2, 0.25) is 0 Å². The van der Waals surface area contributed by atoms with Gasteiger partial charge in [0.2, 0.25) is 0 Å². The molecule has 0 saturated carbocycles. The molecule has 9 nitrogen and oxygen atoms in total. The Kier molecular flexibility index (Phi) is 4.25. The number of nitrogens with two attached hydrogens (primary N) is 1. The molecule has 0 radical (unpaired) electrons. The van der Waals surface area contributed by atoms with Crippen molar-refractivity contribution in [2.75, 3.05) is 20.6 Å².